The first kappa shape index (κ1) is 16.2. The molecular weight excluding hydrogens is 328 g/mol. The first-order valence-electron chi connectivity index (χ1n) is 5.80. The highest BCUT2D eigenvalue weighted by atomic mass is 79.9. The number of benzene rings is 1. The van der Waals surface area contributed by atoms with Gasteiger partial charge >= 0.3 is 12.0 Å². The van der Waals surface area contributed by atoms with Crippen LogP contribution in [0.3, 0.4) is 0 Å². The average Bonchev–Trinajstić information content (AvgIpc) is 2.38. The molecule has 0 fully saturated rings. The van der Waals surface area contributed by atoms with Gasteiger partial charge in [-0.05, 0) is 18.2 Å². The third-order valence-electron chi connectivity index (χ3n) is 2.46. The highest BCUT2D eigenvalue weighted by molar-refractivity contribution is 9.10. The number of nitrogens with zero attached hydrogens (tertiary/aromatic N) is 1. The smallest absolute Gasteiger partial charge is 0.337 e. The van der Waals surface area contributed by atoms with E-state index in [4.69, 9.17) is 10.2 Å². The van der Waals surface area contributed by atoms with Crippen LogP contribution in [0.2, 0.25) is 0 Å². The summed E-state index contributed by atoms with van der Waals surface area (Å²) in [6.07, 6.45) is 1.52. The largest absolute Gasteiger partial charge is 0.478 e. The van der Waals surface area contributed by atoms with Crippen molar-refractivity contribution in [2.75, 3.05) is 25.0 Å². The van der Waals surface area contributed by atoms with Crippen LogP contribution in [0.4, 0.5) is 10.5 Å². The van der Waals surface area contributed by atoms with Gasteiger partial charge in [0.15, 0.2) is 0 Å². The Bertz CT molecular complexity index is 519. The fourth-order valence-electron chi connectivity index (χ4n) is 1.55. The molecule has 1 rings (SSSR count). The van der Waals surface area contributed by atoms with Crippen molar-refractivity contribution in [2.24, 2.45) is 0 Å². The van der Waals surface area contributed by atoms with Crippen molar-refractivity contribution < 1.29 is 19.8 Å². The summed E-state index contributed by atoms with van der Waals surface area (Å²) in [6, 6.07) is 3.98. The second-order valence-electron chi connectivity index (χ2n) is 3.88. The molecule has 2 amide bonds. The Morgan fingerprint density at radius 3 is 2.70 bits per heavy atom. The number of aliphatic hydroxyl groups is 1. The van der Waals surface area contributed by atoms with Crippen LogP contribution in [0, 0.1) is 0 Å². The lowest BCUT2D eigenvalue weighted by Crippen LogP contribution is -2.37. The number of urea groups is 1. The van der Waals surface area contributed by atoms with Crippen molar-refractivity contribution in [2.45, 2.75) is 0 Å². The summed E-state index contributed by atoms with van der Waals surface area (Å²) in [7, 11) is 0. The van der Waals surface area contributed by atoms with E-state index in [0.29, 0.717) is 4.47 Å². The number of carbonyl (C=O) groups excluding carboxylic acids is 1. The number of carboxylic acids is 1. The molecule has 7 heteroatoms. The van der Waals surface area contributed by atoms with Crippen molar-refractivity contribution in [3.63, 3.8) is 0 Å². The van der Waals surface area contributed by atoms with E-state index in [2.05, 4.69) is 27.8 Å². The number of carbonyl (C=O) groups is 2. The predicted molar refractivity (Wildman–Crippen MR) is 79.0 cm³/mol. The molecule has 0 atom stereocenters. The Morgan fingerprint density at radius 2 is 2.15 bits per heavy atom. The van der Waals surface area contributed by atoms with E-state index < -0.39 is 12.0 Å². The number of hydrogen-bond donors (Lipinski definition) is 3. The van der Waals surface area contributed by atoms with Gasteiger partial charge in [0.05, 0.1) is 17.9 Å². The van der Waals surface area contributed by atoms with Crippen molar-refractivity contribution in [3.05, 3.63) is 40.9 Å². The molecule has 0 bridgehead atoms. The van der Waals surface area contributed by atoms with Crippen molar-refractivity contribution in [3.8, 4) is 0 Å². The van der Waals surface area contributed by atoms with Crippen molar-refractivity contribution in [1.82, 2.24) is 4.90 Å². The van der Waals surface area contributed by atoms with Crippen LogP contribution in [-0.2, 0) is 0 Å². The lowest BCUT2D eigenvalue weighted by atomic mass is 10.2. The first-order valence-corrected chi connectivity index (χ1v) is 6.59. The fourth-order valence-corrected chi connectivity index (χ4v) is 1.91. The number of anilines is 1. The molecule has 1 aromatic rings. The van der Waals surface area contributed by atoms with E-state index in [-0.39, 0.29) is 30.9 Å². The zero-order valence-corrected chi connectivity index (χ0v) is 12.3. The lowest BCUT2D eigenvalue weighted by Gasteiger charge is -2.21. The number of carboxylic acid groups (broad SMARTS) is 1. The Balaban J connectivity index is 2.96. The number of halogens is 1. The molecule has 108 valence electrons. The number of aromatic carboxylic acids is 1. The molecule has 0 spiro atoms. The van der Waals surface area contributed by atoms with Gasteiger partial charge in [-0.2, -0.15) is 0 Å². The molecule has 0 aliphatic heterocycles. The SMILES string of the molecule is C=CCN(CCO)C(=O)Nc1cc(Br)ccc1C(=O)O. The molecule has 1 aromatic carbocycles. The molecule has 20 heavy (non-hydrogen) atoms. The molecule has 3 N–H and O–H groups in total. The minimum atomic E-state index is -1.13. The monoisotopic (exact) mass is 342 g/mol. The molecular formula is C13H15BrN2O4. The van der Waals surface area contributed by atoms with Crippen molar-refractivity contribution >= 4 is 33.6 Å². The second-order valence-corrected chi connectivity index (χ2v) is 4.80. The average molecular weight is 343 g/mol. The molecule has 0 heterocycles. The van der Waals surface area contributed by atoms with Gasteiger partial charge in [-0.25, -0.2) is 9.59 Å². The van der Waals surface area contributed by atoms with Crippen LogP contribution in [0.1, 0.15) is 10.4 Å². The van der Waals surface area contributed by atoms with Crippen LogP contribution in [0.5, 0.6) is 0 Å². The summed E-state index contributed by atoms with van der Waals surface area (Å²) in [5.41, 5.74) is 0.174. The van der Waals surface area contributed by atoms with Gasteiger partial charge in [-0.3, -0.25) is 0 Å². The minimum absolute atomic E-state index is 0.0101. The van der Waals surface area contributed by atoms with Crippen LogP contribution in [-0.4, -0.2) is 46.8 Å². The van der Waals surface area contributed by atoms with Crippen LogP contribution in [0.25, 0.3) is 0 Å². The highest BCUT2D eigenvalue weighted by Gasteiger charge is 2.16. The maximum Gasteiger partial charge on any atom is 0.337 e. The van der Waals surface area contributed by atoms with E-state index in [0.717, 1.165) is 0 Å². The van der Waals surface area contributed by atoms with Gasteiger partial charge in [0, 0.05) is 17.6 Å². The molecule has 0 aromatic heterocycles. The number of hydrogen-bond acceptors (Lipinski definition) is 3. The summed E-state index contributed by atoms with van der Waals surface area (Å²) in [4.78, 5) is 24.4. The highest BCUT2D eigenvalue weighted by Crippen LogP contribution is 2.22. The molecule has 0 saturated heterocycles. The molecule has 0 aliphatic carbocycles. The van der Waals surface area contributed by atoms with Crippen LogP contribution < -0.4 is 5.32 Å². The molecule has 0 aliphatic rings. The number of aliphatic hydroxyl groups excluding tert-OH is 1. The fraction of sp³-hybridized carbons (Fsp3) is 0.231. The standard InChI is InChI=1S/C13H15BrN2O4/c1-2-5-16(6-7-17)13(20)15-11-8-9(14)3-4-10(11)12(18)19/h2-4,8,17H,1,5-7H2,(H,15,20)(H,18,19). The molecule has 6 nitrogen and oxygen atoms in total. The lowest BCUT2D eigenvalue weighted by molar-refractivity contribution is 0.0698. The van der Waals surface area contributed by atoms with E-state index >= 15 is 0 Å². The zero-order chi connectivity index (χ0) is 15.1. The van der Waals surface area contributed by atoms with Gasteiger partial charge in [-0.15, -0.1) is 6.58 Å². The topological polar surface area (TPSA) is 89.9 Å². The molecule has 0 saturated carbocycles. The minimum Gasteiger partial charge on any atom is -0.478 e. The summed E-state index contributed by atoms with van der Waals surface area (Å²) in [6.45, 7) is 3.72. The van der Waals surface area contributed by atoms with Gasteiger partial charge in [0.25, 0.3) is 0 Å². The summed E-state index contributed by atoms with van der Waals surface area (Å²) < 4.78 is 0.648. The van der Waals surface area contributed by atoms with E-state index in [1.807, 2.05) is 0 Å². The van der Waals surface area contributed by atoms with E-state index in [9.17, 15) is 9.59 Å². The first-order chi connectivity index (χ1) is 9.49. The Morgan fingerprint density at radius 1 is 1.45 bits per heavy atom. The van der Waals surface area contributed by atoms with Gasteiger partial charge in [0.1, 0.15) is 0 Å². The van der Waals surface area contributed by atoms with E-state index in [1.54, 1.807) is 6.07 Å². The van der Waals surface area contributed by atoms with Gasteiger partial charge in [0.2, 0.25) is 0 Å². The third kappa shape index (κ3) is 4.36. The van der Waals surface area contributed by atoms with Crippen molar-refractivity contribution in [1.29, 1.82) is 0 Å². The van der Waals surface area contributed by atoms with Crippen LogP contribution >= 0.6 is 15.9 Å². The zero-order valence-electron chi connectivity index (χ0n) is 10.7. The van der Waals surface area contributed by atoms with Gasteiger partial charge < -0.3 is 20.4 Å². The Hall–Kier alpha value is -1.86. The Kier molecular flexibility index (Phi) is 6.20. The summed E-state index contributed by atoms with van der Waals surface area (Å²) in [5.74, 6) is -1.13. The van der Waals surface area contributed by atoms with Gasteiger partial charge in [-0.1, -0.05) is 22.0 Å². The molecule has 0 unspecified atom stereocenters. The number of amides is 2. The van der Waals surface area contributed by atoms with Crippen LogP contribution in [0.15, 0.2) is 35.3 Å². The molecule has 0 radical (unpaired) electrons. The maximum absolute atomic E-state index is 12.0. The quantitative estimate of drug-likeness (QED) is 0.691. The number of rotatable bonds is 6. The maximum atomic E-state index is 12.0. The predicted octanol–water partition coefficient (Wildman–Crippen LogP) is 2.16. The Labute approximate surface area is 124 Å². The second kappa shape index (κ2) is 7.66. The third-order valence-corrected chi connectivity index (χ3v) is 2.95. The normalized spacial score (nSPS) is 9.90. The van der Waals surface area contributed by atoms with E-state index in [1.165, 1.54) is 23.1 Å². The number of nitrogens with one attached hydrogen (secondary N) is 1. The summed E-state index contributed by atoms with van der Waals surface area (Å²) in [5, 5.41) is 20.5. The summed E-state index contributed by atoms with van der Waals surface area (Å²) >= 11 is 3.22.